The molecule has 0 aromatic rings. The number of hydrazine groups is 1. The van der Waals surface area contributed by atoms with Crippen molar-refractivity contribution in [1.29, 1.82) is 0 Å². The minimum Gasteiger partial charge on any atom is -0.355 e. The molecule has 0 saturated heterocycles. The van der Waals surface area contributed by atoms with Crippen LogP contribution in [0.1, 0.15) is 13.3 Å². The minimum absolute atomic E-state index is 0.0333. The van der Waals surface area contributed by atoms with Gasteiger partial charge in [0.05, 0.1) is 0 Å². The molecule has 66 valence electrons. The zero-order valence-electron chi connectivity index (χ0n) is 6.93. The fourth-order valence-corrected chi connectivity index (χ4v) is 0.587. The highest BCUT2D eigenvalue weighted by molar-refractivity contribution is 9.09. The zero-order chi connectivity index (χ0) is 8.85. The quantitative estimate of drug-likeness (QED) is 0.331. The lowest BCUT2D eigenvalue weighted by molar-refractivity contribution is -0.127. The van der Waals surface area contributed by atoms with Crippen molar-refractivity contribution in [3.8, 4) is 0 Å². The van der Waals surface area contributed by atoms with Crippen LogP contribution >= 0.6 is 15.9 Å². The molecule has 0 aliphatic rings. The molecule has 0 aliphatic heterocycles. The Kier molecular flexibility index (Phi) is 5.45. The van der Waals surface area contributed by atoms with Crippen molar-refractivity contribution >= 4 is 21.8 Å². The molecule has 11 heavy (non-hydrogen) atoms. The molecule has 1 N–H and O–H groups in total. The predicted octanol–water partition coefficient (Wildman–Crippen LogP) is 0.684. The van der Waals surface area contributed by atoms with Crippen molar-refractivity contribution in [2.24, 2.45) is 0 Å². The maximum atomic E-state index is 10.8. The summed E-state index contributed by atoms with van der Waals surface area (Å²) in [5.41, 5.74) is 2.60. The second-order valence-electron chi connectivity index (χ2n) is 2.03. The molecule has 0 fully saturated rings. The van der Waals surface area contributed by atoms with Gasteiger partial charge < -0.3 is 4.74 Å². The number of carbonyl (C=O) groups excluding carboxylic acids is 1. The Morgan fingerprint density at radius 3 is 2.73 bits per heavy atom. The maximum Gasteiger partial charge on any atom is 0.234 e. The number of amides is 1. The summed E-state index contributed by atoms with van der Waals surface area (Å²) in [6.07, 6.45) is 0.466. The first kappa shape index (κ1) is 10.9. The SMILES string of the molecule is CCC(=O)NN(C)C(Br)OC. The maximum absolute atomic E-state index is 10.8. The minimum atomic E-state index is -0.280. The number of nitrogens with one attached hydrogen (secondary N) is 1. The van der Waals surface area contributed by atoms with E-state index >= 15 is 0 Å². The first-order valence-corrected chi connectivity index (χ1v) is 4.22. The molecule has 0 bridgehead atoms. The molecule has 4 nitrogen and oxygen atoms in total. The van der Waals surface area contributed by atoms with E-state index < -0.39 is 0 Å². The van der Waals surface area contributed by atoms with Crippen molar-refractivity contribution in [3.05, 3.63) is 0 Å². The van der Waals surface area contributed by atoms with Crippen molar-refractivity contribution in [2.75, 3.05) is 14.2 Å². The van der Waals surface area contributed by atoms with E-state index in [4.69, 9.17) is 4.74 Å². The highest BCUT2D eigenvalue weighted by Crippen LogP contribution is 2.01. The van der Waals surface area contributed by atoms with Gasteiger partial charge in [0, 0.05) is 20.6 Å². The number of hydrogen-bond acceptors (Lipinski definition) is 3. The van der Waals surface area contributed by atoms with Crippen LogP contribution in [0.2, 0.25) is 0 Å². The van der Waals surface area contributed by atoms with Gasteiger partial charge in [0.2, 0.25) is 5.91 Å². The van der Waals surface area contributed by atoms with Crippen LogP contribution in [0.25, 0.3) is 0 Å². The molecular formula is C6H13BrN2O2. The molecular weight excluding hydrogens is 212 g/mol. The number of carbonyl (C=O) groups is 1. The second-order valence-corrected chi connectivity index (χ2v) is 2.81. The van der Waals surface area contributed by atoms with Crippen LogP contribution in [0.3, 0.4) is 0 Å². The fraction of sp³-hybridized carbons (Fsp3) is 0.833. The van der Waals surface area contributed by atoms with Crippen LogP contribution in [0.15, 0.2) is 0 Å². The molecule has 0 aromatic heterocycles. The average Bonchev–Trinajstić information content (AvgIpc) is 2.02. The summed E-state index contributed by atoms with van der Waals surface area (Å²) in [7, 11) is 3.27. The third-order valence-electron chi connectivity index (χ3n) is 1.12. The van der Waals surface area contributed by atoms with Gasteiger partial charge in [0.1, 0.15) is 0 Å². The molecule has 1 atom stereocenters. The van der Waals surface area contributed by atoms with E-state index in [1.54, 1.807) is 26.1 Å². The van der Waals surface area contributed by atoms with E-state index in [1.807, 2.05) is 0 Å². The van der Waals surface area contributed by atoms with Gasteiger partial charge >= 0.3 is 0 Å². The highest BCUT2D eigenvalue weighted by atomic mass is 79.9. The first-order valence-electron chi connectivity index (χ1n) is 3.31. The summed E-state index contributed by atoms with van der Waals surface area (Å²) in [6, 6.07) is 0. The molecule has 0 heterocycles. The van der Waals surface area contributed by atoms with Crippen LogP contribution < -0.4 is 5.43 Å². The number of hydrogen-bond donors (Lipinski definition) is 1. The lowest BCUT2D eigenvalue weighted by atomic mass is 10.5. The van der Waals surface area contributed by atoms with Gasteiger partial charge in [0.25, 0.3) is 0 Å². The average molecular weight is 225 g/mol. The first-order chi connectivity index (χ1) is 5.11. The molecule has 1 unspecified atom stereocenters. The number of nitrogens with zero attached hydrogens (tertiary/aromatic N) is 1. The van der Waals surface area contributed by atoms with E-state index in [9.17, 15) is 4.79 Å². The number of halogens is 1. The molecule has 0 aliphatic carbocycles. The second kappa shape index (κ2) is 5.51. The topological polar surface area (TPSA) is 41.6 Å². The van der Waals surface area contributed by atoms with Crippen LogP contribution in [0.4, 0.5) is 0 Å². The van der Waals surface area contributed by atoms with E-state index in [2.05, 4.69) is 21.4 Å². The third kappa shape index (κ3) is 4.34. The van der Waals surface area contributed by atoms with E-state index in [0.717, 1.165) is 0 Å². The van der Waals surface area contributed by atoms with E-state index in [0.29, 0.717) is 6.42 Å². The summed E-state index contributed by atoms with van der Waals surface area (Å²) in [6.45, 7) is 1.79. The van der Waals surface area contributed by atoms with Crippen molar-refractivity contribution in [1.82, 2.24) is 10.4 Å². The molecule has 0 aromatic carbocycles. The van der Waals surface area contributed by atoms with E-state index in [1.165, 1.54) is 0 Å². The molecule has 0 rings (SSSR count). The summed E-state index contributed by atoms with van der Waals surface area (Å²) in [5, 5.41) is 1.27. The normalized spacial score (nSPS) is 13.2. The Bertz CT molecular complexity index is 132. The Hall–Kier alpha value is -0.130. The van der Waals surface area contributed by atoms with Gasteiger partial charge in [0.15, 0.2) is 5.14 Å². The van der Waals surface area contributed by atoms with Crippen LogP contribution in [0, 0.1) is 0 Å². The summed E-state index contributed by atoms with van der Waals surface area (Å²) >= 11 is 3.19. The fourth-order valence-electron chi connectivity index (χ4n) is 0.485. The largest absolute Gasteiger partial charge is 0.355 e. The monoisotopic (exact) mass is 224 g/mol. The molecule has 0 saturated carbocycles. The van der Waals surface area contributed by atoms with Crippen molar-refractivity contribution < 1.29 is 9.53 Å². The zero-order valence-corrected chi connectivity index (χ0v) is 8.51. The van der Waals surface area contributed by atoms with Crippen molar-refractivity contribution in [3.63, 3.8) is 0 Å². The van der Waals surface area contributed by atoms with Crippen LogP contribution in [-0.4, -0.2) is 30.2 Å². The number of methoxy groups -OCH3 is 1. The Labute approximate surface area is 75.0 Å². The summed E-state index contributed by atoms with van der Waals surface area (Å²) in [5.74, 6) is -0.0333. The lowest BCUT2D eigenvalue weighted by Crippen LogP contribution is -2.43. The van der Waals surface area contributed by atoms with Gasteiger partial charge in [-0.05, 0) is 15.9 Å². The summed E-state index contributed by atoms with van der Waals surface area (Å²) in [4.78, 5) is 10.8. The number of rotatable bonds is 4. The molecule has 1 amide bonds. The highest BCUT2D eigenvalue weighted by Gasteiger charge is 2.10. The summed E-state index contributed by atoms with van der Waals surface area (Å²) < 4.78 is 4.89. The van der Waals surface area contributed by atoms with Gasteiger partial charge in [-0.3, -0.25) is 10.2 Å². The van der Waals surface area contributed by atoms with Gasteiger partial charge in [-0.2, -0.15) is 5.01 Å². The lowest BCUT2D eigenvalue weighted by Gasteiger charge is -2.21. The molecule has 0 spiro atoms. The van der Waals surface area contributed by atoms with Crippen molar-refractivity contribution in [2.45, 2.75) is 18.5 Å². The smallest absolute Gasteiger partial charge is 0.234 e. The number of ether oxygens (including phenoxy) is 1. The number of alkyl halides is 1. The Morgan fingerprint density at radius 1 is 1.82 bits per heavy atom. The predicted molar refractivity (Wildman–Crippen MR) is 45.9 cm³/mol. The Morgan fingerprint density at radius 2 is 2.36 bits per heavy atom. The van der Waals surface area contributed by atoms with Gasteiger partial charge in [-0.15, -0.1) is 0 Å². The molecule has 0 radical (unpaired) electrons. The van der Waals surface area contributed by atoms with Crippen LogP contribution in [-0.2, 0) is 9.53 Å². The standard InChI is InChI=1S/C6H13BrN2O2/c1-4-5(10)8-9(2)6(7)11-3/h6H,4H2,1-3H3,(H,8,10). The van der Waals surface area contributed by atoms with Crippen LogP contribution in [0.5, 0.6) is 0 Å². The molecule has 5 heteroatoms. The van der Waals surface area contributed by atoms with Gasteiger partial charge in [-0.1, -0.05) is 6.92 Å². The third-order valence-corrected chi connectivity index (χ3v) is 2.11. The van der Waals surface area contributed by atoms with Gasteiger partial charge in [-0.25, -0.2) is 0 Å². The van der Waals surface area contributed by atoms with E-state index in [-0.39, 0.29) is 11.0 Å². The Balaban J connectivity index is 3.67.